The van der Waals surface area contributed by atoms with Crippen molar-refractivity contribution in [3.8, 4) is 11.5 Å². The average Bonchev–Trinajstić information content (AvgIpc) is 3.57. The van der Waals surface area contributed by atoms with E-state index in [1.54, 1.807) is 38.2 Å². The summed E-state index contributed by atoms with van der Waals surface area (Å²) >= 11 is 6.17. The number of alkyl carbamates (subject to hydrolysis) is 1. The minimum Gasteiger partial charge on any atom is -0.454 e. The van der Waals surface area contributed by atoms with Crippen LogP contribution in [0.1, 0.15) is 49.8 Å². The van der Waals surface area contributed by atoms with Gasteiger partial charge in [0.2, 0.25) is 6.79 Å². The summed E-state index contributed by atoms with van der Waals surface area (Å²) in [5.74, 6) is 0.391. The van der Waals surface area contributed by atoms with E-state index < -0.39 is 61.1 Å². The summed E-state index contributed by atoms with van der Waals surface area (Å²) in [6, 6.07) is 11.7. The Balaban J connectivity index is 1.25. The number of carbonyl (C=O) groups excluding carboxylic acids is 2. The van der Waals surface area contributed by atoms with Crippen molar-refractivity contribution in [1.29, 1.82) is 0 Å². The molecule has 2 amide bonds. The van der Waals surface area contributed by atoms with Gasteiger partial charge in [-0.25, -0.2) is 14.0 Å². The van der Waals surface area contributed by atoms with Crippen molar-refractivity contribution in [2.45, 2.75) is 69.5 Å². The Morgan fingerprint density at radius 2 is 1.79 bits per heavy atom. The predicted octanol–water partition coefficient (Wildman–Crippen LogP) is 6.40. The van der Waals surface area contributed by atoms with Crippen LogP contribution in [0.25, 0.3) is 0 Å². The Morgan fingerprint density at radius 1 is 1.08 bits per heavy atom. The van der Waals surface area contributed by atoms with Gasteiger partial charge in [0.15, 0.2) is 11.5 Å². The molecule has 288 valence electrons. The number of hydrogen-bond acceptors (Lipinski definition) is 10. The number of ether oxygens (including phenoxy) is 5. The quantitative estimate of drug-likeness (QED) is 0.177. The van der Waals surface area contributed by atoms with Crippen molar-refractivity contribution < 1.29 is 50.8 Å². The number of anilines is 1. The first-order valence-corrected chi connectivity index (χ1v) is 17.3. The molecule has 1 fully saturated rings. The zero-order valence-corrected chi connectivity index (χ0v) is 30.1. The molecule has 53 heavy (non-hydrogen) atoms. The largest absolute Gasteiger partial charge is 0.454 e. The second-order valence-electron chi connectivity index (χ2n) is 13.7. The van der Waals surface area contributed by atoms with Crippen LogP contribution in [0.4, 0.5) is 32.8 Å². The maximum Gasteiger partial charge on any atom is 0.410 e. The number of hydrogen-bond donors (Lipinski definition) is 3. The van der Waals surface area contributed by atoms with Crippen LogP contribution in [0.5, 0.6) is 11.5 Å². The summed E-state index contributed by atoms with van der Waals surface area (Å²) in [6.07, 6.45) is -4.15. The first kappa shape index (κ1) is 39.7. The van der Waals surface area contributed by atoms with Crippen molar-refractivity contribution in [2.75, 3.05) is 45.0 Å². The maximum absolute atomic E-state index is 15.3. The topological polar surface area (TPSA) is 147 Å². The van der Waals surface area contributed by atoms with Crippen LogP contribution in [0, 0.1) is 5.82 Å². The van der Waals surface area contributed by atoms with Crippen LogP contribution >= 0.6 is 11.6 Å². The highest BCUT2D eigenvalue weighted by molar-refractivity contribution is 6.30. The Hall–Kier alpha value is -4.54. The third-order valence-electron chi connectivity index (χ3n) is 8.50. The fourth-order valence-electron chi connectivity index (χ4n) is 5.99. The molecule has 1 aromatic heterocycles. The second kappa shape index (κ2) is 17.1. The van der Waals surface area contributed by atoms with Crippen LogP contribution in [0.2, 0.25) is 5.02 Å². The predicted molar refractivity (Wildman–Crippen MR) is 187 cm³/mol. The van der Waals surface area contributed by atoms with E-state index in [9.17, 15) is 22.8 Å². The summed E-state index contributed by atoms with van der Waals surface area (Å²) in [5, 5.41) is 5.47. The van der Waals surface area contributed by atoms with Gasteiger partial charge < -0.3 is 40.1 Å². The van der Waals surface area contributed by atoms with Crippen molar-refractivity contribution >= 4 is 29.5 Å². The highest BCUT2D eigenvalue weighted by Gasteiger charge is 2.36. The zero-order chi connectivity index (χ0) is 38.3. The van der Waals surface area contributed by atoms with Crippen molar-refractivity contribution in [3.63, 3.8) is 0 Å². The molecule has 4 atom stereocenters. The Morgan fingerprint density at radius 3 is 2.51 bits per heavy atom. The molecule has 0 radical (unpaired) electrons. The first-order chi connectivity index (χ1) is 25.1. The number of carbonyl (C=O) groups is 2. The number of aromatic nitrogens is 1. The van der Waals surface area contributed by atoms with Gasteiger partial charge in [-0.2, -0.15) is 13.2 Å². The molecule has 2 aromatic carbocycles. The fraction of sp³-hybridized carbons (Fsp3) is 0.472. The summed E-state index contributed by atoms with van der Waals surface area (Å²) in [4.78, 5) is 30.4. The molecule has 2 aliphatic heterocycles. The van der Waals surface area contributed by atoms with Crippen LogP contribution in [-0.4, -0.2) is 91.7 Å². The van der Waals surface area contributed by atoms with Gasteiger partial charge in [0, 0.05) is 29.1 Å². The molecular formula is C36H42ClF4N5O7. The zero-order valence-electron chi connectivity index (χ0n) is 29.4. The van der Waals surface area contributed by atoms with E-state index in [1.165, 1.54) is 11.1 Å². The summed E-state index contributed by atoms with van der Waals surface area (Å²) in [6.45, 7) is 3.26. The lowest BCUT2D eigenvalue weighted by Crippen LogP contribution is -2.55. The summed E-state index contributed by atoms with van der Waals surface area (Å²) in [5.41, 5.74) is 8.53. The number of nitrogens with two attached hydrogens (primary N) is 1. The van der Waals surface area contributed by atoms with Gasteiger partial charge >= 0.3 is 18.4 Å². The molecule has 1 saturated heterocycles. The molecule has 3 heterocycles. The molecule has 2 aliphatic rings. The molecule has 4 N–H and O–H groups in total. The number of nitrogens with one attached hydrogen (secondary N) is 2. The lowest BCUT2D eigenvalue weighted by Gasteiger charge is -2.39. The van der Waals surface area contributed by atoms with Gasteiger partial charge in [0.1, 0.15) is 24.6 Å². The minimum absolute atomic E-state index is 0.00818. The van der Waals surface area contributed by atoms with Crippen molar-refractivity contribution in [1.82, 2.24) is 15.2 Å². The number of benzene rings is 2. The summed E-state index contributed by atoms with van der Waals surface area (Å²) in [7, 11) is 0. The standard InChI is InChI=1S/C36H42ClF4N5O7/c1-35(2,3)53-34(48)46-16-25(49-17-24(46)18-50-33(47)45-19-36(39,40)41)9-10-26-27(38)13-43-15-29(26)44-14-28(42)32(21-4-7-23(37)8-5-21)22-6-11-30-31(12-22)52-20-51-30/h4-8,11-13,15,24-25,28,32,44H,9-10,14,16-20,42H2,1-3H3,(H,45,47)/t24-,25+,28+,32-/m0/s1. The van der Waals surface area contributed by atoms with E-state index in [4.69, 9.17) is 41.0 Å². The Kier molecular flexibility index (Phi) is 12.8. The maximum atomic E-state index is 15.3. The van der Waals surface area contributed by atoms with E-state index >= 15 is 4.39 Å². The van der Waals surface area contributed by atoms with Crippen LogP contribution in [-0.2, 0) is 20.6 Å². The lowest BCUT2D eigenvalue weighted by molar-refractivity contribution is -0.124. The number of halogens is 5. The van der Waals surface area contributed by atoms with E-state index in [2.05, 4.69) is 10.3 Å². The minimum atomic E-state index is -4.62. The second-order valence-corrected chi connectivity index (χ2v) is 14.1. The van der Waals surface area contributed by atoms with Crippen LogP contribution < -0.4 is 25.8 Å². The highest BCUT2D eigenvalue weighted by atomic mass is 35.5. The number of morpholine rings is 1. The normalized spacial score (nSPS) is 18.2. The molecule has 0 saturated carbocycles. The molecule has 0 aliphatic carbocycles. The van der Waals surface area contributed by atoms with Gasteiger partial charge in [-0.05, 0) is 69.0 Å². The third-order valence-corrected chi connectivity index (χ3v) is 8.75. The number of fused-ring (bicyclic) bond motifs is 1. The monoisotopic (exact) mass is 767 g/mol. The van der Waals surface area contributed by atoms with Crippen molar-refractivity contribution in [3.05, 3.63) is 82.4 Å². The van der Waals surface area contributed by atoms with Gasteiger partial charge in [-0.1, -0.05) is 29.8 Å². The van der Waals surface area contributed by atoms with Gasteiger partial charge in [-0.15, -0.1) is 0 Å². The molecule has 12 nitrogen and oxygen atoms in total. The number of nitrogens with zero attached hydrogens (tertiary/aromatic N) is 2. The molecule has 0 bridgehead atoms. The molecule has 5 rings (SSSR count). The average molecular weight is 768 g/mol. The van der Waals surface area contributed by atoms with Crippen LogP contribution in [0.15, 0.2) is 54.9 Å². The molecular weight excluding hydrogens is 726 g/mol. The third kappa shape index (κ3) is 11.2. The highest BCUT2D eigenvalue weighted by Crippen LogP contribution is 2.38. The number of alkyl halides is 3. The molecule has 0 spiro atoms. The lowest BCUT2D eigenvalue weighted by atomic mass is 9.85. The van der Waals surface area contributed by atoms with E-state index in [0.29, 0.717) is 27.8 Å². The van der Waals surface area contributed by atoms with E-state index in [1.807, 2.05) is 30.3 Å². The fourth-order valence-corrected chi connectivity index (χ4v) is 6.12. The molecule has 0 unspecified atom stereocenters. The van der Waals surface area contributed by atoms with E-state index in [-0.39, 0.29) is 45.2 Å². The summed E-state index contributed by atoms with van der Waals surface area (Å²) < 4.78 is 80.4. The van der Waals surface area contributed by atoms with Gasteiger partial charge in [0.05, 0.1) is 43.4 Å². The van der Waals surface area contributed by atoms with Crippen molar-refractivity contribution in [2.24, 2.45) is 5.73 Å². The van der Waals surface area contributed by atoms with Gasteiger partial charge in [-0.3, -0.25) is 9.88 Å². The molecule has 3 aromatic rings. The number of amides is 2. The number of pyridine rings is 1. The van der Waals surface area contributed by atoms with Gasteiger partial charge in [0.25, 0.3) is 0 Å². The van der Waals surface area contributed by atoms with Crippen LogP contribution in [0.3, 0.4) is 0 Å². The number of rotatable bonds is 12. The molecule has 17 heteroatoms. The smallest absolute Gasteiger partial charge is 0.410 e. The van der Waals surface area contributed by atoms with E-state index in [0.717, 1.165) is 17.3 Å². The first-order valence-electron chi connectivity index (χ1n) is 16.9. The Bertz CT molecular complexity index is 1730. The Labute approximate surface area is 309 Å². The SMILES string of the molecule is CC(C)(C)OC(=O)N1C[C@@H](CCc2c(F)cncc2NC[C@@H](N)[C@@H](c2ccc(Cl)cc2)c2ccc3c(c2)OCO3)OC[C@H]1COC(=O)NCC(F)(F)F.